The van der Waals surface area contributed by atoms with Gasteiger partial charge in [0.2, 0.25) is 0 Å². The van der Waals surface area contributed by atoms with Crippen LogP contribution in [0.15, 0.2) is 17.3 Å². The highest BCUT2D eigenvalue weighted by Gasteiger charge is 2.44. The zero-order valence-electron chi connectivity index (χ0n) is 12.8. The van der Waals surface area contributed by atoms with Crippen molar-refractivity contribution in [2.75, 3.05) is 6.61 Å². The van der Waals surface area contributed by atoms with Crippen molar-refractivity contribution in [3.8, 4) is 0 Å². The van der Waals surface area contributed by atoms with Crippen molar-refractivity contribution in [1.82, 2.24) is 0 Å². The summed E-state index contributed by atoms with van der Waals surface area (Å²) in [5, 5.41) is 41.9. The van der Waals surface area contributed by atoms with Gasteiger partial charge in [0.25, 0.3) is 0 Å². The summed E-state index contributed by atoms with van der Waals surface area (Å²) in [6.45, 7) is 4.83. The number of aliphatic hydroxyl groups is 4. The van der Waals surface area contributed by atoms with Crippen molar-refractivity contribution in [3.05, 3.63) is 12.2 Å². The molecule has 140 valence electrons. The van der Waals surface area contributed by atoms with Crippen LogP contribution in [0.1, 0.15) is 19.8 Å². The predicted octanol–water partition coefficient (Wildman–Crippen LogP) is -0.991. The van der Waals surface area contributed by atoms with Crippen LogP contribution in [0.5, 0.6) is 0 Å². The molecule has 1 saturated heterocycles. The van der Waals surface area contributed by atoms with Crippen LogP contribution in [0.25, 0.3) is 0 Å². The summed E-state index contributed by atoms with van der Waals surface area (Å²) in [6, 6.07) is 0. The molecular weight excluding hydrogens is 366 g/mol. The normalized spacial score (nSPS) is 31.8. The van der Waals surface area contributed by atoms with Gasteiger partial charge >= 0.3 is 10.4 Å². The second kappa shape index (κ2) is 9.10. The van der Waals surface area contributed by atoms with Gasteiger partial charge in [-0.2, -0.15) is 8.42 Å². The first-order valence-corrected chi connectivity index (χ1v) is 9.14. The Kier molecular flexibility index (Phi) is 8.08. The second-order valence-electron chi connectivity index (χ2n) is 5.26. The van der Waals surface area contributed by atoms with E-state index in [1.165, 1.54) is 0 Å². The summed E-state index contributed by atoms with van der Waals surface area (Å²) in [4.78, 5) is 0. The molecule has 5 atom stereocenters. The molecule has 1 aliphatic heterocycles. The third-order valence-electron chi connectivity index (χ3n) is 3.10. The van der Waals surface area contributed by atoms with E-state index < -0.39 is 46.9 Å². The number of hydrogen-bond acceptors (Lipinski definition) is 10. The Labute approximate surface area is 143 Å². The first-order valence-electron chi connectivity index (χ1n) is 6.89. The van der Waals surface area contributed by atoms with Crippen LogP contribution >= 0.6 is 11.8 Å². The molecule has 12 heteroatoms. The van der Waals surface area contributed by atoms with Gasteiger partial charge in [0.05, 0.1) is 6.61 Å². The Hall–Kier alpha value is -0.730. The van der Waals surface area contributed by atoms with Gasteiger partial charge in [-0.15, -0.1) is 6.58 Å². The van der Waals surface area contributed by atoms with E-state index in [-0.39, 0.29) is 11.5 Å². The number of oxime groups is 1. The first-order chi connectivity index (χ1) is 11.0. The first kappa shape index (κ1) is 21.3. The summed E-state index contributed by atoms with van der Waals surface area (Å²) >= 11 is 0.735. The topological polar surface area (TPSA) is 166 Å². The highest BCUT2D eigenvalue weighted by molar-refractivity contribution is 8.14. The lowest BCUT2D eigenvalue weighted by atomic mass is 10.0. The van der Waals surface area contributed by atoms with Crippen LogP contribution in [0.3, 0.4) is 0 Å². The van der Waals surface area contributed by atoms with E-state index in [9.17, 15) is 23.7 Å². The number of thioether (sulfide) groups is 1. The smallest absolute Gasteiger partial charge is 0.394 e. The number of ether oxygens (including phenoxy) is 1. The van der Waals surface area contributed by atoms with E-state index in [1.807, 2.05) is 0 Å². The lowest BCUT2D eigenvalue weighted by molar-refractivity contribution is -0.205. The van der Waals surface area contributed by atoms with Crippen LogP contribution in [-0.2, 0) is 19.4 Å². The molecule has 0 aromatic carbocycles. The number of hydrogen-bond donors (Lipinski definition) is 5. The minimum absolute atomic E-state index is 0.0416. The Morgan fingerprint density at radius 2 is 1.88 bits per heavy atom. The monoisotopic (exact) mass is 387 g/mol. The molecule has 0 spiro atoms. The molecule has 0 bridgehead atoms. The van der Waals surface area contributed by atoms with Crippen LogP contribution in [0.2, 0.25) is 0 Å². The van der Waals surface area contributed by atoms with Crippen LogP contribution in [0, 0.1) is 0 Å². The van der Waals surface area contributed by atoms with E-state index in [2.05, 4.69) is 16.0 Å². The zero-order chi connectivity index (χ0) is 18.5. The Bertz CT molecular complexity index is 563. The fourth-order valence-corrected chi connectivity index (χ4v) is 3.13. The molecule has 0 amide bonds. The maximum Gasteiger partial charge on any atom is 0.466 e. The Morgan fingerprint density at radius 3 is 2.38 bits per heavy atom. The van der Waals surface area contributed by atoms with Crippen LogP contribution in [0.4, 0.5) is 0 Å². The third-order valence-corrected chi connectivity index (χ3v) is 4.54. The molecule has 0 aliphatic carbocycles. The Morgan fingerprint density at radius 1 is 1.25 bits per heavy atom. The summed E-state index contributed by atoms with van der Waals surface area (Å²) in [7, 11) is -4.80. The fourth-order valence-electron chi connectivity index (χ4n) is 1.83. The molecule has 1 rings (SSSR count). The number of aliphatic hydroxyl groups excluding tert-OH is 4. The minimum Gasteiger partial charge on any atom is -0.394 e. The molecule has 1 heterocycles. The maximum atomic E-state index is 10.6. The lowest BCUT2D eigenvalue weighted by Gasteiger charge is -2.39. The largest absolute Gasteiger partial charge is 0.466 e. The molecule has 1 aliphatic rings. The third kappa shape index (κ3) is 6.64. The summed E-state index contributed by atoms with van der Waals surface area (Å²) in [5.41, 5.74) is -0.377. The van der Waals surface area contributed by atoms with Crippen molar-refractivity contribution in [2.24, 2.45) is 5.16 Å². The fraction of sp³-hybridized carbons (Fsp3) is 0.750. The standard InChI is InChI=1S/C12H21NO9S2/c1-6(2)3-4-8(13-22-24(18,19)20)23-12-11(17)10(16)9(15)7(5-14)21-12/h7,9-12,14-17H,1,3-5H2,2H3,(H,18,19,20)/b13-8-/t7-,9+,10+,11-,12-/m1/s1. The van der Waals surface area contributed by atoms with Crippen molar-refractivity contribution >= 4 is 27.2 Å². The van der Waals surface area contributed by atoms with Gasteiger partial charge in [-0.3, -0.25) is 4.55 Å². The van der Waals surface area contributed by atoms with Gasteiger partial charge in [0, 0.05) is 6.42 Å². The van der Waals surface area contributed by atoms with Gasteiger partial charge in [0.15, 0.2) is 0 Å². The molecule has 0 radical (unpaired) electrons. The maximum absolute atomic E-state index is 10.6. The van der Waals surface area contributed by atoms with Crippen LogP contribution < -0.4 is 0 Å². The molecule has 10 nitrogen and oxygen atoms in total. The van der Waals surface area contributed by atoms with Crippen LogP contribution in [-0.4, -0.2) is 74.9 Å². The highest BCUT2D eigenvalue weighted by atomic mass is 32.3. The molecule has 24 heavy (non-hydrogen) atoms. The average Bonchev–Trinajstić information content (AvgIpc) is 2.49. The van der Waals surface area contributed by atoms with E-state index in [0.29, 0.717) is 6.42 Å². The van der Waals surface area contributed by atoms with Crippen molar-refractivity contribution in [2.45, 2.75) is 49.6 Å². The average molecular weight is 387 g/mol. The summed E-state index contributed by atoms with van der Waals surface area (Å²) < 4.78 is 39.1. The molecule has 0 aromatic heterocycles. The van der Waals surface area contributed by atoms with Crippen molar-refractivity contribution in [1.29, 1.82) is 0 Å². The van der Waals surface area contributed by atoms with Gasteiger partial charge in [-0.05, 0) is 13.3 Å². The molecule has 1 fully saturated rings. The SMILES string of the molecule is C=C(C)CC/C(=N/OS(=O)(=O)O)S[C@H]1O[C@H](CO)[C@H](O)[C@H](O)[C@H]1O. The Balaban J connectivity index is 2.88. The molecule has 0 aromatic rings. The van der Waals surface area contributed by atoms with E-state index in [1.54, 1.807) is 6.92 Å². The summed E-state index contributed by atoms with van der Waals surface area (Å²) in [6.07, 6.45) is -5.12. The van der Waals surface area contributed by atoms with Gasteiger partial charge in [-0.25, -0.2) is 4.28 Å². The second-order valence-corrected chi connectivity index (χ2v) is 7.44. The zero-order valence-corrected chi connectivity index (χ0v) is 14.5. The van der Waals surface area contributed by atoms with Crippen molar-refractivity contribution in [3.63, 3.8) is 0 Å². The number of nitrogens with zero attached hydrogens (tertiary/aromatic N) is 1. The summed E-state index contributed by atoms with van der Waals surface area (Å²) in [5.74, 6) is 0. The van der Waals surface area contributed by atoms with E-state index in [0.717, 1.165) is 17.3 Å². The molecular formula is C12H21NO9S2. The molecule has 0 saturated carbocycles. The molecule has 0 unspecified atom stereocenters. The van der Waals surface area contributed by atoms with E-state index >= 15 is 0 Å². The molecule has 5 N–H and O–H groups in total. The number of allylic oxidation sites excluding steroid dienone is 1. The van der Waals surface area contributed by atoms with Crippen molar-refractivity contribution < 1.29 is 42.4 Å². The van der Waals surface area contributed by atoms with Gasteiger partial charge in [0.1, 0.15) is 34.9 Å². The lowest BCUT2D eigenvalue weighted by Crippen LogP contribution is -2.57. The van der Waals surface area contributed by atoms with E-state index in [4.69, 9.17) is 14.4 Å². The minimum atomic E-state index is -4.80. The van der Waals surface area contributed by atoms with Gasteiger partial charge in [-0.1, -0.05) is 22.5 Å². The highest BCUT2D eigenvalue weighted by Crippen LogP contribution is 2.30. The van der Waals surface area contributed by atoms with Gasteiger partial charge < -0.3 is 25.2 Å². The number of rotatable bonds is 7. The quantitative estimate of drug-likeness (QED) is 0.120. The predicted molar refractivity (Wildman–Crippen MR) is 85.5 cm³/mol.